The first-order chi connectivity index (χ1) is 10.8. The summed E-state index contributed by atoms with van der Waals surface area (Å²) in [7, 11) is 1.46. The normalized spacial score (nSPS) is 9.92. The molecule has 0 N–H and O–H groups in total. The predicted octanol–water partition coefficient (Wildman–Crippen LogP) is 6.02. The van der Waals surface area contributed by atoms with Crippen LogP contribution in [0.25, 0.3) is 0 Å². The molecule has 0 aliphatic heterocycles. The van der Waals surface area contributed by atoms with Crippen molar-refractivity contribution in [3.8, 4) is 23.0 Å². The van der Waals surface area contributed by atoms with Gasteiger partial charge in [0, 0.05) is 52.3 Å². The molecule has 2 rings (SSSR count). The Bertz CT molecular complexity index is 721. The molecule has 0 bridgehead atoms. The molecule has 0 unspecified atom stereocenters. The summed E-state index contributed by atoms with van der Waals surface area (Å²) < 4.78 is 15.6. The number of halogens is 4. The van der Waals surface area contributed by atoms with Gasteiger partial charge in [0.25, 0.3) is 0 Å². The Hall–Kier alpha value is -0.642. The third-order valence-electron chi connectivity index (χ3n) is 2.63. The maximum Gasteiger partial charge on any atom is 0.308 e. The van der Waals surface area contributed by atoms with Gasteiger partial charge < -0.3 is 14.2 Å². The first-order valence-electron chi connectivity index (χ1n) is 6.20. The number of carbonyl (C=O) groups excluding carboxylic acids is 1. The topological polar surface area (TPSA) is 44.8 Å². The Morgan fingerprint density at radius 2 is 1.21 bits per heavy atom. The van der Waals surface area contributed by atoms with Crippen molar-refractivity contribution in [2.24, 2.45) is 0 Å². The van der Waals surface area contributed by atoms with E-state index in [1.807, 2.05) is 0 Å². The van der Waals surface area contributed by atoms with Crippen LogP contribution < -0.4 is 14.2 Å². The van der Waals surface area contributed by atoms with E-state index in [0.717, 1.165) is 0 Å². The minimum atomic E-state index is -0.531. The number of carbonyl (C=O) groups is 1. The molecule has 0 saturated carbocycles. The fourth-order valence-electron chi connectivity index (χ4n) is 1.76. The van der Waals surface area contributed by atoms with Gasteiger partial charge in [-0.2, -0.15) is 0 Å². The van der Waals surface area contributed by atoms with Gasteiger partial charge >= 0.3 is 5.97 Å². The average Bonchev–Trinajstić information content (AvgIpc) is 2.42. The minimum Gasteiger partial charge on any atom is -0.494 e. The molecular weight excluding hydrogens is 570 g/mol. The summed E-state index contributed by atoms with van der Waals surface area (Å²) in [6.07, 6.45) is 0. The van der Waals surface area contributed by atoms with Crippen molar-refractivity contribution in [1.82, 2.24) is 0 Å². The first kappa shape index (κ1) is 21.4. The number of esters is 1. The van der Waals surface area contributed by atoms with Gasteiger partial charge in [0.2, 0.25) is 0 Å². The maximum absolute atomic E-state index is 11.0. The van der Waals surface area contributed by atoms with Crippen LogP contribution in [-0.2, 0) is 25.9 Å². The van der Waals surface area contributed by atoms with Crippen LogP contribution in [0.15, 0.2) is 24.3 Å². The summed E-state index contributed by atoms with van der Waals surface area (Å²) in [5.74, 6) is 0.582. The van der Waals surface area contributed by atoms with Gasteiger partial charge in [-0.3, -0.25) is 4.79 Å². The number of hydrogen-bond acceptors (Lipinski definition) is 4. The smallest absolute Gasteiger partial charge is 0.308 e. The Kier molecular flexibility index (Phi) is 8.17. The van der Waals surface area contributed by atoms with Crippen molar-refractivity contribution in [3.05, 3.63) is 44.4 Å². The van der Waals surface area contributed by atoms with Crippen molar-refractivity contribution >= 4 is 52.4 Å². The second-order valence-corrected chi connectivity index (χ2v) is 5.96. The Morgan fingerprint density at radius 3 is 1.54 bits per heavy atom. The molecule has 0 saturated heterocycles. The van der Waals surface area contributed by atoms with E-state index in [-0.39, 0.29) is 36.9 Å². The largest absolute Gasteiger partial charge is 0.494 e. The Morgan fingerprint density at radius 1 is 0.833 bits per heavy atom. The van der Waals surface area contributed by atoms with E-state index in [4.69, 9.17) is 60.6 Å². The molecule has 128 valence electrons. The van der Waals surface area contributed by atoms with E-state index in [0.29, 0.717) is 27.3 Å². The van der Waals surface area contributed by atoms with E-state index >= 15 is 0 Å². The molecule has 0 spiro atoms. The molecule has 0 radical (unpaired) electrons. The van der Waals surface area contributed by atoms with Gasteiger partial charge in [0.15, 0.2) is 11.5 Å². The van der Waals surface area contributed by atoms with Crippen molar-refractivity contribution in [2.45, 2.75) is 6.92 Å². The summed E-state index contributed by atoms with van der Waals surface area (Å²) in [4.78, 5) is 11.0. The van der Waals surface area contributed by atoms with Gasteiger partial charge in [-0.1, -0.05) is 46.4 Å². The molecule has 0 aliphatic rings. The second-order valence-electron chi connectivity index (χ2n) is 4.33. The molecule has 0 atom stereocenters. The van der Waals surface area contributed by atoms with Gasteiger partial charge in [0.05, 0.1) is 27.2 Å². The van der Waals surface area contributed by atoms with E-state index < -0.39 is 5.97 Å². The van der Waals surface area contributed by atoms with Gasteiger partial charge in [-0.05, 0) is 0 Å². The molecule has 0 aliphatic carbocycles. The summed E-state index contributed by atoms with van der Waals surface area (Å²) in [5, 5.41) is 0.856. The number of ether oxygens (including phenoxy) is 3. The van der Waals surface area contributed by atoms with E-state index in [1.54, 1.807) is 0 Å². The Labute approximate surface area is 173 Å². The first-order valence-corrected chi connectivity index (χ1v) is 7.71. The van der Waals surface area contributed by atoms with Crippen molar-refractivity contribution < 1.29 is 40.1 Å². The number of hydrogen-bond donors (Lipinski definition) is 0. The van der Waals surface area contributed by atoms with Crippen molar-refractivity contribution in [3.63, 3.8) is 0 Å². The number of methoxy groups -OCH3 is 1. The standard InChI is InChI=1S/C15H10Cl4O4.W/c1-7(20)22-15-12(18)5-9(6-13(15)19)23-8-3-10(16)14(21-2)11(17)4-8;/h3-6H,1-2H3;. The van der Waals surface area contributed by atoms with Crippen LogP contribution in [-0.4, -0.2) is 13.1 Å². The van der Waals surface area contributed by atoms with Crippen LogP contribution in [0.1, 0.15) is 6.92 Å². The third-order valence-corrected chi connectivity index (χ3v) is 3.75. The zero-order valence-electron chi connectivity index (χ0n) is 12.4. The SMILES string of the molecule is COc1c(Cl)cc(Oc2cc(Cl)c(OC(C)=O)c(Cl)c2)cc1Cl.[W]. The quantitative estimate of drug-likeness (QED) is 0.328. The summed E-state index contributed by atoms with van der Waals surface area (Å²) >= 11 is 24.2. The molecule has 0 aromatic heterocycles. The predicted molar refractivity (Wildman–Crippen MR) is 90.9 cm³/mol. The summed E-state index contributed by atoms with van der Waals surface area (Å²) in [5.41, 5.74) is 0. The monoisotopic (exact) mass is 578 g/mol. The molecule has 0 fully saturated rings. The molecule has 2 aromatic carbocycles. The fraction of sp³-hybridized carbons (Fsp3) is 0.133. The zero-order valence-corrected chi connectivity index (χ0v) is 18.3. The molecule has 2 aromatic rings. The van der Waals surface area contributed by atoms with Gasteiger partial charge in [0.1, 0.15) is 11.5 Å². The molecular formula is C15H10Cl4O4W. The van der Waals surface area contributed by atoms with Crippen LogP contribution >= 0.6 is 46.4 Å². The number of rotatable bonds is 4. The second kappa shape index (κ2) is 9.17. The average molecular weight is 580 g/mol. The number of benzene rings is 2. The third kappa shape index (κ3) is 5.18. The van der Waals surface area contributed by atoms with Crippen LogP contribution in [0, 0.1) is 0 Å². The zero-order chi connectivity index (χ0) is 17.1. The van der Waals surface area contributed by atoms with Crippen LogP contribution in [0.3, 0.4) is 0 Å². The van der Waals surface area contributed by atoms with Gasteiger partial charge in [-0.25, -0.2) is 0 Å². The van der Waals surface area contributed by atoms with E-state index in [9.17, 15) is 4.79 Å². The fourth-order valence-corrected chi connectivity index (χ4v) is 2.93. The minimum absolute atomic E-state index is 0. The van der Waals surface area contributed by atoms with Crippen LogP contribution in [0.2, 0.25) is 20.1 Å². The molecule has 4 nitrogen and oxygen atoms in total. The van der Waals surface area contributed by atoms with Crippen LogP contribution in [0.4, 0.5) is 0 Å². The molecule has 0 amide bonds. The molecule has 0 heterocycles. The van der Waals surface area contributed by atoms with Crippen molar-refractivity contribution in [2.75, 3.05) is 7.11 Å². The maximum atomic E-state index is 11.0. The Balaban J connectivity index is 0.00000288. The van der Waals surface area contributed by atoms with E-state index in [1.165, 1.54) is 38.3 Å². The van der Waals surface area contributed by atoms with Gasteiger partial charge in [-0.15, -0.1) is 0 Å². The summed E-state index contributed by atoms with van der Waals surface area (Å²) in [6, 6.07) is 5.98. The molecule has 24 heavy (non-hydrogen) atoms. The van der Waals surface area contributed by atoms with E-state index in [2.05, 4.69) is 0 Å². The summed E-state index contributed by atoms with van der Waals surface area (Å²) in [6.45, 7) is 1.25. The van der Waals surface area contributed by atoms with Crippen LogP contribution in [0.5, 0.6) is 23.0 Å². The van der Waals surface area contributed by atoms with Crippen molar-refractivity contribution in [1.29, 1.82) is 0 Å². The molecule has 9 heteroatoms.